The van der Waals surface area contributed by atoms with Crippen molar-refractivity contribution in [2.45, 2.75) is 26.3 Å². The lowest BCUT2D eigenvalue weighted by molar-refractivity contribution is -0.150. The van der Waals surface area contributed by atoms with Crippen molar-refractivity contribution in [3.8, 4) is 6.07 Å². The summed E-state index contributed by atoms with van der Waals surface area (Å²) < 4.78 is 5.02. The van der Waals surface area contributed by atoms with E-state index in [-0.39, 0.29) is 23.4 Å². The van der Waals surface area contributed by atoms with Gasteiger partial charge in [0, 0.05) is 38.2 Å². The molecule has 2 heterocycles. The van der Waals surface area contributed by atoms with E-state index in [1.807, 2.05) is 18.2 Å². The smallest absolute Gasteiger partial charge is 0.309 e. The van der Waals surface area contributed by atoms with Crippen molar-refractivity contribution in [3.63, 3.8) is 0 Å². The Morgan fingerprint density at radius 1 is 1.40 bits per heavy atom. The molecule has 0 aliphatic carbocycles. The van der Waals surface area contributed by atoms with Crippen molar-refractivity contribution in [1.82, 2.24) is 15.2 Å². The van der Waals surface area contributed by atoms with Gasteiger partial charge < -0.3 is 15.0 Å². The molecule has 2 rings (SSSR count). The second-order valence-corrected chi connectivity index (χ2v) is 5.72. The van der Waals surface area contributed by atoms with E-state index >= 15 is 0 Å². The van der Waals surface area contributed by atoms with Crippen LogP contribution < -0.4 is 5.32 Å². The van der Waals surface area contributed by atoms with E-state index in [1.54, 1.807) is 24.2 Å². The molecule has 0 saturated carbocycles. The molecule has 132 valence electrons. The molecule has 0 radical (unpaired) electrons. The van der Waals surface area contributed by atoms with Crippen molar-refractivity contribution in [2.24, 2.45) is 5.92 Å². The van der Waals surface area contributed by atoms with Gasteiger partial charge in [-0.3, -0.25) is 14.6 Å². The number of rotatable bonds is 6. The molecule has 1 fully saturated rings. The number of pyridine rings is 1. The number of ether oxygens (including phenoxy) is 1. The minimum atomic E-state index is -0.313. The van der Waals surface area contributed by atoms with E-state index in [1.165, 1.54) is 6.20 Å². The van der Waals surface area contributed by atoms with Crippen molar-refractivity contribution in [2.75, 3.05) is 19.7 Å². The number of nitrogens with zero attached hydrogens (tertiary/aromatic N) is 3. The fourth-order valence-electron chi connectivity index (χ4n) is 2.66. The lowest BCUT2D eigenvalue weighted by atomic mass is 9.96. The van der Waals surface area contributed by atoms with Crippen LogP contribution in [0, 0.1) is 17.2 Å². The first kappa shape index (κ1) is 18.5. The van der Waals surface area contributed by atoms with Gasteiger partial charge in [-0.2, -0.15) is 5.26 Å². The maximum absolute atomic E-state index is 12.4. The zero-order chi connectivity index (χ0) is 18.1. The second-order valence-electron chi connectivity index (χ2n) is 5.72. The van der Waals surface area contributed by atoms with Crippen LogP contribution in [0.5, 0.6) is 0 Å². The highest BCUT2D eigenvalue weighted by atomic mass is 16.5. The lowest BCUT2D eigenvalue weighted by Gasteiger charge is -2.30. The minimum Gasteiger partial charge on any atom is -0.466 e. The van der Waals surface area contributed by atoms with Gasteiger partial charge in [-0.25, -0.2) is 0 Å². The van der Waals surface area contributed by atoms with Crippen LogP contribution in [-0.4, -0.2) is 41.5 Å². The average Bonchev–Trinajstić information content (AvgIpc) is 2.66. The first-order valence-corrected chi connectivity index (χ1v) is 8.34. The predicted molar refractivity (Wildman–Crippen MR) is 90.7 cm³/mol. The van der Waals surface area contributed by atoms with E-state index in [2.05, 4.69) is 10.3 Å². The second kappa shape index (κ2) is 9.42. The summed E-state index contributed by atoms with van der Waals surface area (Å²) in [6.07, 6.45) is 5.94. The van der Waals surface area contributed by atoms with Gasteiger partial charge in [-0.15, -0.1) is 0 Å². The summed E-state index contributed by atoms with van der Waals surface area (Å²) in [6.45, 7) is 3.55. The molecular weight excluding hydrogens is 320 g/mol. The fraction of sp³-hybridized carbons (Fsp3) is 0.444. The number of carbonyl (C=O) groups excluding carboxylic acids is 2. The standard InChI is InChI=1S/C18H22N4O3/c1-2-25-18(24)15-5-9-22(10-6-15)17(23)16(11-19)13-21-12-14-3-7-20-8-4-14/h3-4,7-8,13,15,21H,2,5-6,9-10,12H2,1H3/b16-13-. The molecule has 7 nitrogen and oxygen atoms in total. The third-order valence-corrected chi connectivity index (χ3v) is 4.05. The number of hydrogen-bond donors (Lipinski definition) is 1. The number of piperidine rings is 1. The first-order valence-electron chi connectivity index (χ1n) is 8.34. The van der Waals surface area contributed by atoms with Crippen LogP contribution in [0.2, 0.25) is 0 Å². The van der Waals surface area contributed by atoms with E-state index in [4.69, 9.17) is 4.74 Å². The molecule has 1 aromatic rings. The van der Waals surface area contributed by atoms with Crippen molar-refractivity contribution < 1.29 is 14.3 Å². The Morgan fingerprint density at radius 2 is 2.08 bits per heavy atom. The first-order chi connectivity index (χ1) is 12.2. The molecule has 0 bridgehead atoms. The highest BCUT2D eigenvalue weighted by Crippen LogP contribution is 2.20. The highest BCUT2D eigenvalue weighted by molar-refractivity contribution is 5.97. The van der Waals surface area contributed by atoms with Crippen LogP contribution in [0.15, 0.2) is 36.3 Å². The van der Waals surface area contributed by atoms with Gasteiger partial charge in [0.15, 0.2) is 0 Å². The van der Waals surface area contributed by atoms with Crippen molar-refractivity contribution >= 4 is 11.9 Å². The number of likely N-dealkylation sites (tertiary alicyclic amines) is 1. The summed E-state index contributed by atoms with van der Waals surface area (Å²) in [7, 11) is 0. The van der Waals surface area contributed by atoms with Crippen molar-refractivity contribution in [3.05, 3.63) is 41.9 Å². The third kappa shape index (κ3) is 5.31. The number of hydrogen-bond acceptors (Lipinski definition) is 6. The van der Waals surface area contributed by atoms with Gasteiger partial charge in [0.05, 0.1) is 12.5 Å². The maximum atomic E-state index is 12.4. The topological polar surface area (TPSA) is 95.3 Å². The number of nitriles is 1. The maximum Gasteiger partial charge on any atom is 0.309 e. The van der Waals surface area contributed by atoms with Gasteiger partial charge in [0.1, 0.15) is 11.6 Å². The highest BCUT2D eigenvalue weighted by Gasteiger charge is 2.29. The van der Waals surface area contributed by atoms with Crippen LogP contribution in [0.1, 0.15) is 25.3 Å². The molecule has 1 aromatic heterocycles. The molecule has 7 heteroatoms. The lowest BCUT2D eigenvalue weighted by Crippen LogP contribution is -2.41. The summed E-state index contributed by atoms with van der Waals surface area (Å²) in [5.41, 5.74) is 1.06. The number of amides is 1. The Morgan fingerprint density at radius 3 is 2.68 bits per heavy atom. The van der Waals surface area contributed by atoms with Crippen LogP contribution in [0.3, 0.4) is 0 Å². The Balaban J connectivity index is 1.87. The van der Waals surface area contributed by atoms with Gasteiger partial charge in [0.2, 0.25) is 0 Å². The van der Waals surface area contributed by atoms with Gasteiger partial charge in [-0.1, -0.05) is 0 Å². The molecule has 0 atom stereocenters. The molecule has 0 spiro atoms. The zero-order valence-corrected chi connectivity index (χ0v) is 14.3. The number of carbonyl (C=O) groups is 2. The van der Waals surface area contributed by atoms with Gasteiger partial charge in [0.25, 0.3) is 5.91 Å². The Bertz CT molecular complexity index is 659. The Kier molecular flexibility index (Phi) is 6.96. The predicted octanol–water partition coefficient (Wildman–Crippen LogP) is 1.38. The van der Waals surface area contributed by atoms with E-state index < -0.39 is 0 Å². The molecular formula is C18H22N4O3. The molecule has 0 aromatic carbocycles. The van der Waals surface area contributed by atoms with Gasteiger partial charge >= 0.3 is 5.97 Å². The monoisotopic (exact) mass is 342 g/mol. The zero-order valence-electron chi connectivity index (χ0n) is 14.3. The normalized spacial score (nSPS) is 15.4. The molecule has 1 aliphatic rings. The fourth-order valence-corrected chi connectivity index (χ4v) is 2.66. The summed E-state index contributed by atoms with van der Waals surface area (Å²) in [5, 5.41) is 12.2. The molecule has 1 amide bonds. The van der Waals surface area contributed by atoms with Crippen LogP contribution in [-0.2, 0) is 20.9 Å². The molecule has 1 N–H and O–H groups in total. The van der Waals surface area contributed by atoms with Gasteiger partial charge in [-0.05, 0) is 37.5 Å². The number of aromatic nitrogens is 1. The van der Waals surface area contributed by atoms with Crippen molar-refractivity contribution in [1.29, 1.82) is 5.26 Å². The van der Waals surface area contributed by atoms with Crippen LogP contribution in [0.4, 0.5) is 0 Å². The number of esters is 1. The average molecular weight is 342 g/mol. The summed E-state index contributed by atoms with van der Waals surface area (Å²) in [6, 6.07) is 5.66. The summed E-state index contributed by atoms with van der Waals surface area (Å²) >= 11 is 0. The molecule has 1 aliphatic heterocycles. The molecule has 0 unspecified atom stereocenters. The SMILES string of the molecule is CCOC(=O)C1CCN(C(=O)/C(C#N)=C\NCc2ccncc2)CC1. The van der Waals surface area contributed by atoms with E-state index in [9.17, 15) is 14.9 Å². The Labute approximate surface area is 147 Å². The quantitative estimate of drug-likeness (QED) is 0.477. The van der Waals surface area contributed by atoms with E-state index in [0.717, 1.165) is 5.56 Å². The summed E-state index contributed by atoms with van der Waals surface area (Å²) in [4.78, 5) is 29.7. The molecule has 25 heavy (non-hydrogen) atoms. The number of nitrogens with one attached hydrogen (secondary N) is 1. The largest absolute Gasteiger partial charge is 0.466 e. The van der Waals surface area contributed by atoms with Crippen LogP contribution in [0.25, 0.3) is 0 Å². The van der Waals surface area contributed by atoms with E-state index in [0.29, 0.717) is 39.1 Å². The Hall–Kier alpha value is -2.88. The summed E-state index contributed by atoms with van der Waals surface area (Å²) in [5.74, 6) is -0.681. The third-order valence-electron chi connectivity index (χ3n) is 4.05. The minimum absolute atomic E-state index is 0.0589. The van der Waals surface area contributed by atoms with Crippen LogP contribution >= 0.6 is 0 Å². The molecule has 1 saturated heterocycles.